The lowest BCUT2D eigenvalue weighted by molar-refractivity contribution is -0.144. The zero-order chi connectivity index (χ0) is 103. The molecule has 1 heterocycles. The van der Waals surface area contributed by atoms with Crippen LogP contribution in [0.5, 0.6) is 11.5 Å². The zero-order valence-electron chi connectivity index (χ0n) is 78.7. The number of benzene rings is 5. The fourth-order valence-corrected chi connectivity index (χ4v) is 15.0. The van der Waals surface area contributed by atoms with E-state index in [1.807, 2.05) is 0 Å². The van der Waals surface area contributed by atoms with E-state index in [-0.39, 0.29) is 133 Å². The van der Waals surface area contributed by atoms with Gasteiger partial charge in [-0.15, -0.1) is 0 Å². The Morgan fingerprint density at radius 3 is 1.06 bits per heavy atom. The summed E-state index contributed by atoms with van der Waals surface area (Å²) >= 11 is 0. The Morgan fingerprint density at radius 2 is 0.643 bits per heavy atom. The summed E-state index contributed by atoms with van der Waals surface area (Å²) < 4.78 is 0. The molecule has 140 heavy (non-hydrogen) atoms. The standard InChI is InChI=1S/C96H134N20O24/c1-55(2)46-73(91(134)115-75(49-59-30-34-62(117)35-31-59)92(135)110-72(96(139)140)39-41-81(122)123)112-93(136)76(50-60-32-36-63(118)37-33-60)113-87(130)67(26-12-16-42-97)105-79(119)54-103-85(128)77(51-61-53-102-66-25-11-10-24-64(61)66)116-94(137)74(48-58-22-8-5-9-23-58)114-89(132)70(29-15-19-45-100)107-88(131)69(28-14-18-44-99)108-90(133)71(38-40-80(120)121)109-95(138)78(52-82(124)125)111-83(126)56(3)104-86(129)68(27-13-17-43-98)106-84(127)65(101)47-57-20-6-4-7-21-57/h4-11,20-25,30-37,53,55-56,65,67-78,102,117-118H,12-19,26-29,38-52,54,97-101H2,1-3H3,(H,103,128)(H,104,129)(H,105,119)(H,106,127)(H,107,131)(H,108,133)(H,109,138)(H,110,135)(H,111,126)(H,112,136)(H,113,130)(H,114,132)(H,115,134)(H,116,137)(H,120,121)(H,122,123)(H,124,125)(H,139,140)/t56-,65-,67-,68-,69-,70-,71-,72-,73-,74-,75-,76-,77-,78-/m0/s1. The lowest BCUT2D eigenvalue weighted by atomic mass is 9.99. The Morgan fingerprint density at radius 1 is 0.314 bits per heavy atom. The monoisotopic (exact) mass is 1950 g/mol. The Balaban J connectivity index is 1.24. The highest BCUT2D eigenvalue weighted by atomic mass is 16.4. The number of phenols is 2. The number of nitrogens with two attached hydrogens (primary N) is 5. The van der Waals surface area contributed by atoms with Crippen molar-refractivity contribution < 1.29 is 117 Å². The summed E-state index contributed by atoms with van der Waals surface area (Å²) in [6.45, 7) is 4.39. The van der Waals surface area contributed by atoms with Crippen LogP contribution in [0.2, 0.25) is 0 Å². The molecule has 0 radical (unpaired) electrons. The first kappa shape index (κ1) is 114. The average Bonchev–Trinajstić information content (AvgIpc) is 1.67. The largest absolute Gasteiger partial charge is 0.508 e. The molecule has 0 unspecified atom stereocenters. The number of aromatic amines is 1. The Bertz CT molecular complexity index is 5110. The summed E-state index contributed by atoms with van der Waals surface area (Å²) in [6.07, 6.45) is -1.44. The molecule has 6 aromatic rings. The molecule has 0 aliphatic heterocycles. The van der Waals surface area contributed by atoms with Crippen LogP contribution in [-0.4, -0.2) is 260 Å². The quantitative estimate of drug-likeness (QED) is 0.0198. The minimum Gasteiger partial charge on any atom is -0.508 e. The van der Waals surface area contributed by atoms with Crippen LogP contribution in [0, 0.1) is 5.92 Å². The maximum Gasteiger partial charge on any atom is 0.326 e. The van der Waals surface area contributed by atoms with Gasteiger partial charge >= 0.3 is 23.9 Å². The van der Waals surface area contributed by atoms with Crippen LogP contribution in [0.25, 0.3) is 10.9 Å². The molecule has 0 spiro atoms. The van der Waals surface area contributed by atoms with Crippen LogP contribution in [0.15, 0.2) is 140 Å². The SMILES string of the molecule is CC(C)C[C@H](NC(=O)[C@H](Cc1ccc(O)cc1)NC(=O)[C@H](CCCCN)NC(=O)CNC(=O)[C@H](Cc1c[nH]c2ccccc12)NC(=O)[C@H](Cc1ccccc1)NC(=O)[C@H](CCCCN)NC(=O)[C@H](CCCCN)NC(=O)[C@H](CCC(=O)O)NC(=O)[C@H](CC(=O)O)NC(=O)[C@H](C)NC(=O)[C@H](CCCCN)NC(=O)[C@@H](N)Cc1ccccc1)C(=O)N[C@@H](Cc1ccc(O)cc1)C(=O)N[C@@H](CCC(=O)O)C(=O)O. The number of aromatic nitrogens is 1. The Kier molecular flexibility index (Phi) is 49.2. The number of amides is 14. The number of carboxylic acid groups (broad SMARTS) is 4. The van der Waals surface area contributed by atoms with Crippen molar-refractivity contribution in [2.24, 2.45) is 34.6 Å². The number of hydrogen-bond acceptors (Lipinski definition) is 25. The number of phenolic OH excluding ortho intramolecular Hbond substituents is 2. The van der Waals surface area contributed by atoms with Crippen molar-refractivity contribution in [3.63, 3.8) is 0 Å². The zero-order valence-corrected chi connectivity index (χ0v) is 78.7. The molecule has 14 amide bonds. The molecule has 14 atom stereocenters. The van der Waals surface area contributed by atoms with Crippen molar-refractivity contribution in [1.29, 1.82) is 0 Å². The smallest absolute Gasteiger partial charge is 0.326 e. The van der Waals surface area contributed by atoms with E-state index in [2.05, 4.69) is 79.4 Å². The second kappa shape index (κ2) is 60.3. The second-order valence-electron chi connectivity index (χ2n) is 34.6. The van der Waals surface area contributed by atoms with Crippen LogP contribution < -0.4 is 103 Å². The van der Waals surface area contributed by atoms with Crippen LogP contribution in [0.1, 0.15) is 164 Å². The maximum absolute atomic E-state index is 15.3. The van der Waals surface area contributed by atoms with Gasteiger partial charge in [0.25, 0.3) is 0 Å². The molecular weight excluding hydrogens is 1820 g/mol. The normalized spacial score (nSPS) is 14.2. The highest BCUT2D eigenvalue weighted by molar-refractivity contribution is 6.01. The van der Waals surface area contributed by atoms with Crippen molar-refractivity contribution in [3.8, 4) is 11.5 Å². The first-order valence-electron chi connectivity index (χ1n) is 46.6. The number of unbranched alkanes of at least 4 members (excludes halogenated alkanes) is 4. The number of aromatic hydroxyl groups is 2. The summed E-state index contributed by atoms with van der Waals surface area (Å²) in [5.41, 5.74) is 32.7. The van der Waals surface area contributed by atoms with Crippen molar-refractivity contribution in [2.45, 2.75) is 253 Å². The Hall–Kier alpha value is -14.5. The molecule has 0 saturated heterocycles. The lowest BCUT2D eigenvalue weighted by Gasteiger charge is -2.28. The van der Waals surface area contributed by atoms with Gasteiger partial charge in [-0.25, -0.2) is 4.79 Å². The third-order valence-electron chi connectivity index (χ3n) is 22.7. The van der Waals surface area contributed by atoms with Crippen molar-refractivity contribution >= 4 is 117 Å². The lowest BCUT2D eigenvalue weighted by Crippen LogP contribution is -2.60. The fourth-order valence-electron chi connectivity index (χ4n) is 15.0. The van der Waals surface area contributed by atoms with Gasteiger partial charge in [0.15, 0.2) is 0 Å². The number of H-pyrrole nitrogens is 1. The number of carbonyl (C=O) groups is 18. The molecule has 0 fully saturated rings. The number of fused-ring (bicyclic) bond motifs is 1. The minimum atomic E-state index is -2.00. The maximum atomic E-state index is 15.3. The van der Waals surface area contributed by atoms with E-state index in [9.17, 15) is 107 Å². The van der Waals surface area contributed by atoms with E-state index >= 15 is 9.59 Å². The molecule has 6 rings (SSSR count). The number of carboxylic acids is 4. The van der Waals surface area contributed by atoms with Gasteiger partial charge in [0.1, 0.15) is 90.0 Å². The highest BCUT2D eigenvalue weighted by Crippen LogP contribution is 2.22. The van der Waals surface area contributed by atoms with Gasteiger partial charge in [-0.1, -0.05) is 117 Å². The first-order valence-corrected chi connectivity index (χ1v) is 46.6. The van der Waals surface area contributed by atoms with Gasteiger partial charge in [-0.3, -0.25) is 81.5 Å². The van der Waals surface area contributed by atoms with Crippen LogP contribution in [-0.2, 0) is 118 Å². The van der Waals surface area contributed by atoms with Gasteiger partial charge in [0, 0.05) is 55.6 Å². The molecule has 44 nitrogen and oxygen atoms in total. The van der Waals surface area contributed by atoms with Gasteiger partial charge < -0.3 is 139 Å². The molecule has 31 N–H and O–H groups in total. The van der Waals surface area contributed by atoms with Gasteiger partial charge in [-0.2, -0.15) is 0 Å². The molecule has 44 heteroatoms. The highest BCUT2D eigenvalue weighted by Gasteiger charge is 2.39. The van der Waals surface area contributed by atoms with Crippen molar-refractivity contribution in [3.05, 3.63) is 167 Å². The van der Waals surface area contributed by atoms with Crippen molar-refractivity contribution in [1.82, 2.24) is 79.4 Å². The van der Waals surface area contributed by atoms with Crippen LogP contribution in [0.3, 0.4) is 0 Å². The van der Waals surface area contributed by atoms with Gasteiger partial charge in [0.2, 0.25) is 82.7 Å². The molecule has 762 valence electrons. The summed E-state index contributed by atoms with van der Waals surface area (Å²) in [6, 6.07) is 13.3. The van der Waals surface area contributed by atoms with E-state index in [1.54, 1.807) is 105 Å². The minimum absolute atomic E-state index is 0.0587. The van der Waals surface area contributed by atoms with E-state index in [1.165, 1.54) is 55.5 Å². The molecule has 1 aromatic heterocycles. The summed E-state index contributed by atoms with van der Waals surface area (Å²) in [5.74, 6) is -20.6. The Labute approximate surface area is 809 Å². The topological polar surface area (TPSA) is 743 Å². The summed E-state index contributed by atoms with van der Waals surface area (Å²) in [5, 5.41) is 95.8. The second-order valence-corrected chi connectivity index (χ2v) is 34.6. The number of carbonyl (C=O) groups excluding carboxylic acids is 14. The third kappa shape index (κ3) is 41.0. The first-order chi connectivity index (χ1) is 66.8. The van der Waals surface area contributed by atoms with E-state index in [0.717, 1.165) is 5.56 Å². The number of hydrogen-bond donors (Lipinski definition) is 26. The molecule has 0 aliphatic rings. The molecule has 0 bridgehead atoms. The van der Waals surface area contributed by atoms with E-state index < -0.39 is 230 Å². The summed E-state index contributed by atoms with van der Waals surface area (Å²) in [7, 11) is 0. The predicted molar refractivity (Wildman–Crippen MR) is 512 cm³/mol. The average molecular weight is 1950 g/mol. The predicted octanol–water partition coefficient (Wildman–Crippen LogP) is -1.29. The fraction of sp³-hybridized carbons (Fsp3) is 0.479. The molecular formula is C96H134N20O24. The van der Waals surface area contributed by atoms with Gasteiger partial charge in [-0.05, 0) is 200 Å². The van der Waals surface area contributed by atoms with E-state index in [4.69, 9.17) is 28.7 Å². The number of nitrogens with one attached hydrogen (secondary N) is 15. The van der Waals surface area contributed by atoms with Crippen molar-refractivity contribution in [2.75, 3.05) is 32.7 Å². The number of rotatable bonds is 65. The summed E-state index contributed by atoms with van der Waals surface area (Å²) in [4.78, 5) is 254. The van der Waals surface area contributed by atoms with Crippen LogP contribution >= 0.6 is 0 Å². The number of para-hydroxylation sites is 1. The third-order valence-corrected chi connectivity index (χ3v) is 22.7. The number of aliphatic carboxylic acids is 4. The van der Waals surface area contributed by atoms with Gasteiger partial charge in [0.05, 0.1) is 19.0 Å². The van der Waals surface area contributed by atoms with E-state index in [0.29, 0.717) is 58.8 Å². The molecule has 0 saturated carbocycles. The molecule has 5 aromatic carbocycles. The van der Waals surface area contributed by atoms with Crippen LogP contribution in [0.4, 0.5) is 0 Å². The molecule has 0 aliphatic carbocycles.